The first-order valence-corrected chi connectivity index (χ1v) is 7.76. The van der Waals surface area contributed by atoms with E-state index in [1.807, 2.05) is 24.3 Å². The summed E-state index contributed by atoms with van der Waals surface area (Å²) in [5.74, 6) is 0.841. The van der Waals surface area contributed by atoms with Crippen molar-refractivity contribution in [3.63, 3.8) is 0 Å². The third-order valence-electron chi connectivity index (χ3n) is 3.28. The van der Waals surface area contributed by atoms with Gasteiger partial charge in [0, 0.05) is 6.04 Å². The zero-order valence-corrected chi connectivity index (χ0v) is 13.7. The Morgan fingerprint density at radius 3 is 2.38 bits per heavy atom. The third-order valence-corrected chi connectivity index (χ3v) is 4.02. The fourth-order valence-electron chi connectivity index (χ4n) is 2.07. The molecule has 0 fully saturated rings. The molecule has 0 amide bonds. The molecule has 21 heavy (non-hydrogen) atoms. The molecule has 2 aromatic carbocycles. The third kappa shape index (κ3) is 4.63. The van der Waals surface area contributed by atoms with Crippen molar-refractivity contribution in [3.8, 4) is 5.75 Å². The van der Waals surface area contributed by atoms with Crippen LogP contribution in [0.1, 0.15) is 31.0 Å². The molecule has 0 aliphatic heterocycles. The van der Waals surface area contributed by atoms with E-state index < -0.39 is 0 Å². The maximum Gasteiger partial charge on any atom is 0.119 e. The second kappa shape index (κ2) is 7.69. The first-order valence-electron chi connectivity index (χ1n) is 7.00. The van der Waals surface area contributed by atoms with Crippen LogP contribution in [0, 0.1) is 0 Å². The molecule has 0 radical (unpaired) electrons. The lowest BCUT2D eigenvalue weighted by Gasteiger charge is -2.13. The molecule has 2 nitrogen and oxygen atoms in total. The number of rotatable bonds is 6. The molecule has 0 aliphatic carbocycles. The Balaban J connectivity index is 1.95. The summed E-state index contributed by atoms with van der Waals surface area (Å²) >= 11 is 11.9. The van der Waals surface area contributed by atoms with Crippen LogP contribution in [0.5, 0.6) is 5.75 Å². The normalized spacial score (nSPS) is 12.2. The van der Waals surface area contributed by atoms with Gasteiger partial charge in [0.1, 0.15) is 12.4 Å². The van der Waals surface area contributed by atoms with Crippen LogP contribution in [0.15, 0.2) is 42.5 Å². The fraction of sp³-hybridized carbons (Fsp3) is 0.294. The van der Waals surface area contributed by atoms with Crippen LogP contribution in [0.4, 0.5) is 0 Å². The highest BCUT2D eigenvalue weighted by molar-refractivity contribution is 6.42. The van der Waals surface area contributed by atoms with Gasteiger partial charge < -0.3 is 10.1 Å². The van der Waals surface area contributed by atoms with Crippen molar-refractivity contribution in [1.29, 1.82) is 0 Å². The molecule has 0 saturated carbocycles. The standard InChI is InChI=1S/C17H19Cl2NO/c1-3-20-12(2)14-5-7-15(8-6-14)21-11-13-4-9-16(18)17(19)10-13/h4-10,12,20H,3,11H2,1-2H3. The number of ether oxygens (including phenoxy) is 1. The van der Waals surface area contributed by atoms with E-state index in [-0.39, 0.29) is 0 Å². The lowest BCUT2D eigenvalue weighted by atomic mass is 10.1. The predicted octanol–water partition coefficient (Wildman–Crippen LogP) is 5.24. The highest BCUT2D eigenvalue weighted by atomic mass is 35.5. The molecule has 2 rings (SSSR count). The minimum absolute atomic E-state index is 0.346. The van der Waals surface area contributed by atoms with Crippen LogP contribution in [0.2, 0.25) is 10.0 Å². The van der Waals surface area contributed by atoms with Crippen LogP contribution in [-0.4, -0.2) is 6.54 Å². The Morgan fingerprint density at radius 2 is 1.76 bits per heavy atom. The molecular weight excluding hydrogens is 305 g/mol. The number of benzene rings is 2. The molecule has 1 atom stereocenters. The first-order chi connectivity index (χ1) is 10.1. The molecule has 4 heteroatoms. The highest BCUT2D eigenvalue weighted by Crippen LogP contribution is 2.24. The minimum atomic E-state index is 0.346. The Morgan fingerprint density at radius 1 is 1.05 bits per heavy atom. The molecule has 0 heterocycles. The van der Waals surface area contributed by atoms with Gasteiger partial charge in [-0.15, -0.1) is 0 Å². The van der Waals surface area contributed by atoms with Crippen molar-refractivity contribution in [3.05, 3.63) is 63.6 Å². The van der Waals surface area contributed by atoms with E-state index in [9.17, 15) is 0 Å². The average molecular weight is 324 g/mol. The second-order valence-corrected chi connectivity index (χ2v) is 5.70. The maximum absolute atomic E-state index is 5.99. The highest BCUT2D eigenvalue weighted by Gasteiger charge is 2.04. The van der Waals surface area contributed by atoms with Crippen LogP contribution < -0.4 is 10.1 Å². The lowest BCUT2D eigenvalue weighted by molar-refractivity contribution is 0.306. The van der Waals surface area contributed by atoms with Crippen molar-refractivity contribution in [2.45, 2.75) is 26.5 Å². The van der Waals surface area contributed by atoms with Crippen LogP contribution >= 0.6 is 23.2 Å². The summed E-state index contributed by atoms with van der Waals surface area (Å²) in [6, 6.07) is 14.0. The van der Waals surface area contributed by atoms with Gasteiger partial charge in [-0.25, -0.2) is 0 Å². The van der Waals surface area contributed by atoms with Gasteiger partial charge in [0.15, 0.2) is 0 Å². The van der Waals surface area contributed by atoms with Gasteiger partial charge >= 0.3 is 0 Å². The van der Waals surface area contributed by atoms with Gasteiger partial charge in [-0.2, -0.15) is 0 Å². The van der Waals surface area contributed by atoms with E-state index in [0.29, 0.717) is 22.7 Å². The monoisotopic (exact) mass is 323 g/mol. The molecule has 112 valence electrons. The van der Waals surface area contributed by atoms with Crippen molar-refractivity contribution < 1.29 is 4.74 Å². The van der Waals surface area contributed by atoms with Gasteiger partial charge in [-0.1, -0.05) is 48.3 Å². The number of hydrogen-bond donors (Lipinski definition) is 1. The smallest absolute Gasteiger partial charge is 0.119 e. The zero-order chi connectivity index (χ0) is 15.2. The summed E-state index contributed by atoms with van der Waals surface area (Å²) in [7, 11) is 0. The van der Waals surface area contributed by atoms with E-state index in [2.05, 4.69) is 31.3 Å². The summed E-state index contributed by atoms with van der Waals surface area (Å²) in [4.78, 5) is 0. The van der Waals surface area contributed by atoms with Crippen LogP contribution in [-0.2, 0) is 6.61 Å². The quantitative estimate of drug-likeness (QED) is 0.784. The summed E-state index contributed by atoms with van der Waals surface area (Å²) in [6.45, 7) is 5.68. The number of nitrogens with one attached hydrogen (secondary N) is 1. The van der Waals surface area contributed by atoms with Crippen molar-refractivity contribution >= 4 is 23.2 Å². The topological polar surface area (TPSA) is 21.3 Å². The van der Waals surface area contributed by atoms with E-state index >= 15 is 0 Å². The summed E-state index contributed by atoms with van der Waals surface area (Å²) in [6.07, 6.45) is 0. The largest absolute Gasteiger partial charge is 0.489 e. The summed E-state index contributed by atoms with van der Waals surface area (Å²) in [5.41, 5.74) is 2.24. The SMILES string of the molecule is CCNC(C)c1ccc(OCc2ccc(Cl)c(Cl)c2)cc1. The molecule has 0 aliphatic rings. The van der Waals surface area contributed by atoms with Crippen molar-refractivity contribution in [1.82, 2.24) is 5.32 Å². The maximum atomic E-state index is 5.99. The Labute approximate surface area is 136 Å². The predicted molar refractivity (Wildman–Crippen MR) is 89.3 cm³/mol. The second-order valence-electron chi connectivity index (χ2n) is 4.89. The molecule has 0 bridgehead atoms. The molecular formula is C17H19Cl2NO. The van der Waals surface area contributed by atoms with Gasteiger partial charge in [0.05, 0.1) is 10.0 Å². The van der Waals surface area contributed by atoms with Gasteiger partial charge in [0.25, 0.3) is 0 Å². The summed E-state index contributed by atoms with van der Waals surface area (Å²) < 4.78 is 5.76. The average Bonchev–Trinajstić information content (AvgIpc) is 2.49. The number of halogens is 2. The Kier molecular flexibility index (Phi) is 5.92. The van der Waals surface area contributed by atoms with Gasteiger partial charge in [-0.05, 0) is 48.9 Å². The Hall–Kier alpha value is -1.22. The lowest BCUT2D eigenvalue weighted by Crippen LogP contribution is -2.17. The Bertz CT molecular complexity index is 584. The molecule has 0 spiro atoms. The molecule has 1 N–H and O–H groups in total. The van der Waals surface area contributed by atoms with Crippen molar-refractivity contribution in [2.75, 3.05) is 6.54 Å². The van der Waals surface area contributed by atoms with E-state index in [4.69, 9.17) is 27.9 Å². The molecule has 0 aromatic heterocycles. The van der Waals surface area contributed by atoms with E-state index in [1.165, 1.54) is 5.56 Å². The van der Waals surface area contributed by atoms with E-state index in [1.54, 1.807) is 6.07 Å². The van der Waals surface area contributed by atoms with Gasteiger partial charge in [0.2, 0.25) is 0 Å². The molecule has 1 unspecified atom stereocenters. The minimum Gasteiger partial charge on any atom is -0.489 e. The van der Waals surface area contributed by atoms with Crippen LogP contribution in [0.25, 0.3) is 0 Å². The van der Waals surface area contributed by atoms with Crippen LogP contribution in [0.3, 0.4) is 0 Å². The number of hydrogen-bond acceptors (Lipinski definition) is 2. The van der Waals surface area contributed by atoms with E-state index in [0.717, 1.165) is 17.9 Å². The first kappa shape index (κ1) is 16.2. The molecule has 0 saturated heterocycles. The fourth-order valence-corrected chi connectivity index (χ4v) is 2.39. The zero-order valence-electron chi connectivity index (χ0n) is 12.2. The van der Waals surface area contributed by atoms with Crippen molar-refractivity contribution in [2.24, 2.45) is 0 Å². The summed E-state index contributed by atoms with van der Waals surface area (Å²) in [5, 5.41) is 4.49. The molecule has 2 aromatic rings. The van der Waals surface area contributed by atoms with Gasteiger partial charge in [-0.3, -0.25) is 0 Å².